The second kappa shape index (κ2) is 8.17. The van der Waals surface area contributed by atoms with Gasteiger partial charge in [0.1, 0.15) is 0 Å². The van der Waals surface area contributed by atoms with Crippen LogP contribution in [0.2, 0.25) is 0 Å². The Bertz CT molecular complexity index is 303. The number of halogens is 1. The molecular formula is C14H27ClN2O3. The number of carbonyl (C=O) groups excluding carboxylic acids is 1. The summed E-state index contributed by atoms with van der Waals surface area (Å²) in [5, 5.41) is 3.11. The van der Waals surface area contributed by atoms with Crippen LogP contribution < -0.4 is 11.1 Å². The Labute approximate surface area is 127 Å². The molecule has 1 amide bonds. The molecule has 0 aromatic heterocycles. The lowest BCUT2D eigenvalue weighted by Crippen LogP contribution is -2.51. The highest BCUT2D eigenvalue weighted by Gasteiger charge is 2.39. The third-order valence-electron chi connectivity index (χ3n) is 4.34. The van der Waals surface area contributed by atoms with Gasteiger partial charge in [-0.05, 0) is 39.0 Å². The second-order valence-corrected chi connectivity index (χ2v) is 5.84. The maximum absolute atomic E-state index is 12.4. The van der Waals surface area contributed by atoms with Crippen LogP contribution in [0.1, 0.15) is 39.0 Å². The highest BCUT2D eigenvalue weighted by Crippen LogP contribution is 2.30. The molecule has 0 aromatic carbocycles. The molecule has 118 valence electrons. The van der Waals surface area contributed by atoms with Gasteiger partial charge in [-0.15, -0.1) is 12.4 Å². The fraction of sp³-hybridized carbons (Fsp3) is 0.929. The smallest absolute Gasteiger partial charge is 0.227 e. The maximum Gasteiger partial charge on any atom is 0.227 e. The van der Waals surface area contributed by atoms with E-state index < -0.39 is 5.41 Å². The highest BCUT2D eigenvalue weighted by atomic mass is 35.5. The Morgan fingerprint density at radius 2 is 2.10 bits per heavy atom. The first-order valence-electron chi connectivity index (χ1n) is 7.37. The number of hydrogen-bond acceptors (Lipinski definition) is 4. The van der Waals surface area contributed by atoms with E-state index in [1.54, 1.807) is 0 Å². The summed E-state index contributed by atoms with van der Waals surface area (Å²) >= 11 is 0. The molecule has 2 saturated heterocycles. The molecule has 2 heterocycles. The predicted molar refractivity (Wildman–Crippen MR) is 80.0 cm³/mol. The van der Waals surface area contributed by atoms with Crippen LogP contribution in [0.5, 0.6) is 0 Å². The summed E-state index contributed by atoms with van der Waals surface area (Å²) in [7, 11) is 0. The minimum absolute atomic E-state index is 0. The molecule has 2 rings (SSSR count). The van der Waals surface area contributed by atoms with Gasteiger partial charge in [0.05, 0.1) is 11.5 Å². The van der Waals surface area contributed by atoms with Crippen LogP contribution in [0, 0.1) is 5.41 Å². The van der Waals surface area contributed by atoms with E-state index in [1.807, 2.05) is 6.92 Å². The van der Waals surface area contributed by atoms with Crippen molar-refractivity contribution >= 4 is 18.3 Å². The van der Waals surface area contributed by atoms with Crippen LogP contribution in [-0.4, -0.2) is 44.4 Å². The van der Waals surface area contributed by atoms with Crippen LogP contribution in [0.15, 0.2) is 0 Å². The molecule has 0 aliphatic carbocycles. The zero-order valence-corrected chi connectivity index (χ0v) is 13.0. The van der Waals surface area contributed by atoms with Crippen LogP contribution in [0.3, 0.4) is 0 Å². The normalized spacial score (nSPS) is 26.6. The predicted octanol–water partition coefficient (Wildman–Crippen LogP) is 1.24. The van der Waals surface area contributed by atoms with E-state index in [4.69, 9.17) is 15.2 Å². The Balaban J connectivity index is 0.00000200. The van der Waals surface area contributed by atoms with Gasteiger partial charge in [-0.3, -0.25) is 4.79 Å². The average Bonchev–Trinajstić information content (AvgIpc) is 2.92. The largest absolute Gasteiger partial charge is 0.381 e. The number of carbonyl (C=O) groups is 1. The van der Waals surface area contributed by atoms with Crippen molar-refractivity contribution in [3.63, 3.8) is 0 Å². The molecule has 6 heteroatoms. The zero-order chi connectivity index (χ0) is 13.7. The van der Waals surface area contributed by atoms with E-state index in [1.165, 1.54) is 0 Å². The van der Waals surface area contributed by atoms with Crippen molar-refractivity contribution < 1.29 is 14.3 Å². The fourth-order valence-electron chi connectivity index (χ4n) is 2.95. The Morgan fingerprint density at radius 1 is 1.40 bits per heavy atom. The lowest BCUT2D eigenvalue weighted by molar-refractivity contribution is -0.136. The van der Waals surface area contributed by atoms with Gasteiger partial charge in [-0.25, -0.2) is 0 Å². The molecule has 2 fully saturated rings. The first kappa shape index (κ1) is 17.7. The number of nitrogens with one attached hydrogen (secondary N) is 1. The molecule has 0 aromatic rings. The number of nitrogens with two attached hydrogens (primary N) is 1. The van der Waals surface area contributed by atoms with E-state index in [0.717, 1.165) is 38.7 Å². The van der Waals surface area contributed by atoms with E-state index in [9.17, 15) is 4.79 Å². The standard InChI is InChI=1S/C14H26N2O3.ClH/c1-11(9-12-3-2-6-19-12)16-13(17)14(10-15)4-7-18-8-5-14;/h11-12H,2-10,15H2,1H3,(H,16,17);1H. The van der Waals surface area contributed by atoms with Crippen molar-refractivity contribution in [3.05, 3.63) is 0 Å². The summed E-state index contributed by atoms with van der Waals surface area (Å²) < 4.78 is 10.9. The van der Waals surface area contributed by atoms with E-state index >= 15 is 0 Å². The van der Waals surface area contributed by atoms with Gasteiger partial charge >= 0.3 is 0 Å². The van der Waals surface area contributed by atoms with E-state index in [2.05, 4.69) is 5.32 Å². The highest BCUT2D eigenvalue weighted by molar-refractivity contribution is 5.85. The Morgan fingerprint density at radius 3 is 2.65 bits per heavy atom. The van der Waals surface area contributed by atoms with Gasteiger partial charge in [-0.1, -0.05) is 0 Å². The number of rotatable bonds is 5. The fourth-order valence-corrected chi connectivity index (χ4v) is 2.95. The second-order valence-electron chi connectivity index (χ2n) is 5.84. The summed E-state index contributed by atoms with van der Waals surface area (Å²) in [6.45, 7) is 4.56. The number of amides is 1. The molecule has 5 nitrogen and oxygen atoms in total. The number of ether oxygens (including phenoxy) is 2. The topological polar surface area (TPSA) is 73.6 Å². The zero-order valence-electron chi connectivity index (χ0n) is 12.2. The van der Waals surface area contributed by atoms with Gasteiger partial charge < -0.3 is 20.5 Å². The van der Waals surface area contributed by atoms with E-state index in [0.29, 0.717) is 25.9 Å². The number of hydrogen-bond donors (Lipinski definition) is 2. The minimum atomic E-state index is -0.428. The first-order chi connectivity index (χ1) is 9.16. The average molecular weight is 307 g/mol. The summed E-state index contributed by atoms with van der Waals surface area (Å²) in [5.74, 6) is 0.0868. The summed E-state index contributed by atoms with van der Waals surface area (Å²) in [6.07, 6.45) is 4.89. The first-order valence-corrected chi connectivity index (χ1v) is 7.37. The maximum atomic E-state index is 12.4. The van der Waals surface area contributed by atoms with Crippen molar-refractivity contribution in [2.45, 2.75) is 51.2 Å². The molecule has 3 N–H and O–H groups in total. The molecule has 0 spiro atoms. The summed E-state index contributed by atoms with van der Waals surface area (Å²) in [4.78, 5) is 12.4. The molecular weight excluding hydrogens is 280 g/mol. The Hall–Kier alpha value is -0.360. The molecule has 2 unspecified atom stereocenters. The van der Waals surface area contributed by atoms with Crippen molar-refractivity contribution in [1.29, 1.82) is 0 Å². The van der Waals surface area contributed by atoms with Gasteiger partial charge in [0.2, 0.25) is 5.91 Å². The van der Waals surface area contributed by atoms with Gasteiger partial charge in [-0.2, -0.15) is 0 Å². The van der Waals surface area contributed by atoms with Crippen molar-refractivity contribution in [2.24, 2.45) is 11.1 Å². The molecule has 2 atom stereocenters. The third-order valence-corrected chi connectivity index (χ3v) is 4.34. The summed E-state index contributed by atoms with van der Waals surface area (Å²) in [6, 6.07) is 0.141. The monoisotopic (exact) mass is 306 g/mol. The molecule has 0 bridgehead atoms. The van der Waals surface area contributed by atoms with Gasteiger partial charge in [0, 0.05) is 32.4 Å². The van der Waals surface area contributed by atoms with Crippen molar-refractivity contribution in [2.75, 3.05) is 26.4 Å². The molecule has 2 aliphatic heterocycles. The molecule has 20 heavy (non-hydrogen) atoms. The van der Waals surface area contributed by atoms with Crippen LogP contribution in [0.4, 0.5) is 0 Å². The lowest BCUT2D eigenvalue weighted by atomic mass is 9.79. The lowest BCUT2D eigenvalue weighted by Gasteiger charge is -2.35. The molecule has 0 radical (unpaired) electrons. The van der Waals surface area contributed by atoms with Gasteiger partial charge in [0.15, 0.2) is 0 Å². The van der Waals surface area contributed by atoms with Crippen LogP contribution >= 0.6 is 12.4 Å². The Kier molecular flexibility index (Phi) is 7.23. The van der Waals surface area contributed by atoms with Crippen molar-refractivity contribution in [3.8, 4) is 0 Å². The van der Waals surface area contributed by atoms with Crippen LogP contribution in [-0.2, 0) is 14.3 Å². The van der Waals surface area contributed by atoms with Crippen molar-refractivity contribution in [1.82, 2.24) is 5.32 Å². The van der Waals surface area contributed by atoms with E-state index in [-0.39, 0.29) is 24.4 Å². The quantitative estimate of drug-likeness (QED) is 0.801. The SMILES string of the molecule is CC(CC1CCCO1)NC(=O)C1(CN)CCOCC1.Cl. The minimum Gasteiger partial charge on any atom is -0.381 e. The van der Waals surface area contributed by atoms with Crippen LogP contribution in [0.25, 0.3) is 0 Å². The van der Waals surface area contributed by atoms with Gasteiger partial charge in [0.25, 0.3) is 0 Å². The molecule has 2 aliphatic rings. The third kappa shape index (κ3) is 4.32. The molecule has 0 saturated carbocycles. The summed E-state index contributed by atoms with van der Waals surface area (Å²) in [5.41, 5.74) is 5.41.